The highest BCUT2D eigenvalue weighted by molar-refractivity contribution is 5.61. The lowest BCUT2D eigenvalue weighted by Crippen LogP contribution is -1.88. The summed E-state index contributed by atoms with van der Waals surface area (Å²) in [5, 5.41) is 12.8. The van der Waals surface area contributed by atoms with Gasteiger partial charge < -0.3 is 14.4 Å². The third-order valence-corrected chi connectivity index (χ3v) is 2.61. The first-order chi connectivity index (χ1) is 8.24. The number of hydrogen-bond donors (Lipinski definition) is 1. The summed E-state index contributed by atoms with van der Waals surface area (Å²) in [7, 11) is 1.65. The number of aryl methyl sites for hydroxylation is 1. The van der Waals surface area contributed by atoms with Crippen molar-refractivity contribution in [2.75, 3.05) is 13.7 Å². The normalized spacial score (nSPS) is 10.5. The van der Waals surface area contributed by atoms with Gasteiger partial charge in [-0.2, -0.15) is 0 Å². The zero-order valence-corrected chi connectivity index (χ0v) is 9.93. The van der Waals surface area contributed by atoms with Gasteiger partial charge in [0.15, 0.2) is 0 Å². The first-order valence-corrected chi connectivity index (χ1v) is 5.46. The minimum absolute atomic E-state index is 0.0657. The predicted molar refractivity (Wildman–Crippen MR) is 64.0 cm³/mol. The smallest absolute Gasteiger partial charge is 0.139 e. The van der Waals surface area contributed by atoms with Crippen LogP contribution in [0.5, 0.6) is 5.75 Å². The summed E-state index contributed by atoms with van der Waals surface area (Å²) in [6, 6.07) is 7.69. The Labute approximate surface area is 99.8 Å². The number of rotatable bonds is 4. The molecule has 0 saturated carbocycles. The van der Waals surface area contributed by atoms with Crippen LogP contribution in [0.15, 0.2) is 28.8 Å². The summed E-state index contributed by atoms with van der Waals surface area (Å²) in [6.45, 7) is 2.05. The molecular weight excluding hydrogens is 218 g/mol. The van der Waals surface area contributed by atoms with Crippen LogP contribution in [0, 0.1) is 6.92 Å². The molecule has 1 aromatic carbocycles. The Kier molecular flexibility index (Phi) is 3.44. The lowest BCUT2D eigenvalue weighted by atomic mass is 10.1. The molecule has 4 nitrogen and oxygen atoms in total. The molecule has 0 aliphatic heterocycles. The standard InChI is InChI=1S/C13H15NO3/c1-9-7-10(3-4-13(9)16-2)12-8-11(5-6-15)17-14-12/h3-4,7-8,15H,5-6H2,1-2H3. The fourth-order valence-electron chi connectivity index (χ4n) is 1.71. The zero-order chi connectivity index (χ0) is 12.3. The molecule has 4 heteroatoms. The molecule has 0 spiro atoms. The second kappa shape index (κ2) is 5.01. The first-order valence-electron chi connectivity index (χ1n) is 5.46. The SMILES string of the molecule is COc1ccc(-c2cc(CCO)on2)cc1C. The largest absolute Gasteiger partial charge is 0.496 e. The molecule has 17 heavy (non-hydrogen) atoms. The number of hydrogen-bond acceptors (Lipinski definition) is 4. The van der Waals surface area contributed by atoms with Crippen LogP contribution >= 0.6 is 0 Å². The molecule has 90 valence electrons. The molecule has 0 amide bonds. The van der Waals surface area contributed by atoms with E-state index in [-0.39, 0.29) is 6.61 Å². The second-order valence-corrected chi connectivity index (χ2v) is 3.84. The van der Waals surface area contributed by atoms with E-state index >= 15 is 0 Å². The fourth-order valence-corrected chi connectivity index (χ4v) is 1.71. The number of methoxy groups -OCH3 is 1. The van der Waals surface area contributed by atoms with Crippen LogP contribution in [0.2, 0.25) is 0 Å². The summed E-state index contributed by atoms with van der Waals surface area (Å²) in [5.41, 5.74) is 2.81. The second-order valence-electron chi connectivity index (χ2n) is 3.84. The van der Waals surface area contributed by atoms with Gasteiger partial charge in [-0.15, -0.1) is 0 Å². The van der Waals surface area contributed by atoms with Crippen LogP contribution in [-0.2, 0) is 6.42 Å². The van der Waals surface area contributed by atoms with E-state index in [2.05, 4.69) is 5.16 Å². The van der Waals surface area contributed by atoms with Gasteiger partial charge in [0.1, 0.15) is 17.2 Å². The molecular formula is C13H15NO3. The molecule has 0 fully saturated rings. The van der Waals surface area contributed by atoms with Gasteiger partial charge >= 0.3 is 0 Å². The highest BCUT2D eigenvalue weighted by atomic mass is 16.5. The number of aliphatic hydroxyl groups excluding tert-OH is 1. The molecule has 1 heterocycles. The van der Waals surface area contributed by atoms with E-state index in [9.17, 15) is 0 Å². The van der Waals surface area contributed by atoms with Crippen LogP contribution in [0.4, 0.5) is 0 Å². The van der Waals surface area contributed by atoms with E-state index in [0.29, 0.717) is 12.2 Å². The quantitative estimate of drug-likeness (QED) is 0.879. The van der Waals surface area contributed by atoms with Gasteiger partial charge in [-0.05, 0) is 30.7 Å². The number of ether oxygens (including phenoxy) is 1. The van der Waals surface area contributed by atoms with Crippen molar-refractivity contribution in [3.05, 3.63) is 35.6 Å². The summed E-state index contributed by atoms with van der Waals surface area (Å²) in [4.78, 5) is 0. The number of aliphatic hydroxyl groups is 1. The number of benzene rings is 1. The minimum Gasteiger partial charge on any atom is -0.496 e. The Bertz CT molecular complexity index is 505. The molecule has 0 unspecified atom stereocenters. The Balaban J connectivity index is 2.29. The van der Waals surface area contributed by atoms with Crippen molar-refractivity contribution in [2.45, 2.75) is 13.3 Å². The van der Waals surface area contributed by atoms with Gasteiger partial charge in [0.25, 0.3) is 0 Å². The number of aromatic nitrogens is 1. The van der Waals surface area contributed by atoms with E-state index in [4.69, 9.17) is 14.4 Å². The average molecular weight is 233 g/mol. The molecule has 2 aromatic rings. The maximum absolute atomic E-state index is 8.81. The van der Waals surface area contributed by atoms with Gasteiger partial charge in [-0.1, -0.05) is 5.16 Å². The Hall–Kier alpha value is -1.81. The molecule has 0 saturated heterocycles. The van der Waals surface area contributed by atoms with E-state index < -0.39 is 0 Å². The van der Waals surface area contributed by atoms with E-state index in [1.807, 2.05) is 31.2 Å². The van der Waals surface area contributed by atoms with E-state index in [0.717, 1.165) is 22.6 Å². The lowest BCUT2D eigenvalue weighted by molar-refractivity contribution is 0.277. The van der Waals surface area contributed by atoms with Crippen LogP contribution in [-0.4, -0.2) is 24.0 Å². The van der Waals surface area contributed by atoms with Crippen LogP contribution < -0.4 is 4.74 Å². The highest BCUT2D eigenvalue weighted by Gasteiger charge is 2.08. The molecule has 0 aliphatic rings. The topological polar surface area (TPSA) is 55.5 Å². The lowest BCUT2D eigenvalue weighted by Gasteiger charge is -2.05. The van der Waals surface area contributed by atoms with E-state index in [1.54, 1.807) is 7.11 Å². The van der Waals surface area contributed by atoms with E-state index in [1.165, 1.54) is 0 Å². The fraction of sp³-hybridized carbons (Fsp3) is 0.308. The van der Waals surface area contributed by atoms with Gasteiger partial charge in [0.05, 0.1) is 13.7 Å². The Morgan fingerprint density at radius 3 is 2.82 bits per heavy atom. The van der Waals surface area contributed by atoms with Gasteiger partial charge in [-0.3, -0.25) is 0 Å². The number of nitrogens with zero attached hydrogens (tertiary/aromatic N) is 1. The van der Waals surface area contributed by atoms with Crippen LogP contribution in [0.3, 0.4) is 0 Å². The Morgan fingerprint density at radius 1 is 1.35 bits per heavy atom. The summed E-state index contributed by atoms with van der Waals surface area (Å²) in [5.74, 6) is 1.55. The molecule has 1 N–H and O–H groups in total. The van der Waals surface area contributed by atoms with Crippen molar-refractivity contribution in [1.29, 1.82) is 0 Å². The van der Waals surface area contributed by atoms with Crippen molar-refractivity contribution in [3.63, 3.8) is 0 Å². The first kappa shape index (κ1) is 11.7. The average Bonchev–Trinajstić information content (AvgIpc) is 2.78. The predicted octanol–water partition coefficient (Wildman–Crippen LogP) is 2.19. The zero-order valence-electron chi connectivity index (χ0n) is 9.93. The maximum Gasteiger partial charge on any atom is 0.139 e. The van der Waals surface area contributed by atoms with Gasteiger partial charge in [0, 0.05) is 18.1 Å². The molecule has 2 rings (SSSR count). The summed E-state index contributed by atoms with van der Waals surface area (Å²) in [6.07, 6.45) is 0.488. The third kappa shape index (κ3) is 2.47. The highest BCUT2D eigenvalue weighted by Crippen LogP contribution is 2.25. The Morgan fingerprint density at radius 2 is 2.18 bits per heavy atom. The van der Waals surface area contributed by atoms with Gasteiger partial charge in [0.2, 0.25) is 0 Å². The molecule has 1 aromatic heterocycles. The van der Waals surface area contributed by atoms with Crippen molar-refractivity contribution < 1.29 is 14.4 Å². The molecule has 0 aliphatic carbocycles. The van der Waals surface area contributed by atoms with Gasteiger partial charge in [-0.25, -0.2) is 0 Å². The molecule has 0 bridgehead atoms. The summed E-state index contributed by atoms with van der Waals surface area (Å²) >= 11 is 0. The van der Waals surface area contributed by atoms with Crippen molar-refractivity contribution in [2.24, 2.45) is 0 Å². The summed E-state index contributed by atoms with van der Waals surface area (Å²) < 4.78 is 10.3. The maximum atomic E-state index is 8.81. The third-order valence-electron chi connectivity index (χ3n) is 2.61. The van der Waals surface area contributed by atoms with Crippen molar-refractivity contribution in [1.82, 2.24) is 5.16 Å². The van der Waals surface area contributed by atoms with Crippen molar-refractivity contribution in [3.8, 4) is 17.0 Å². The van der Waals surface area contributed by atoms with Crippen LogP contribution in [0.25, 0.3) is 11.3 Å². The minimum atomic E-state index is 0.0657. The van der Waals surface area contributed by atoms with Crippen molar-refractivity contribution >= 4 is 0 Å². The monoisotopic (exact) mass is 233 g/mol. The molecule has 0 radical (unpaired) electrons. The van der Waals surface area contributed by atoms with Crippen LogP contribution in [0.1, 0.15) is 11.3 Å². The molecule has 0 atom stereocenters.